The van der Waals surface area contributed by atoms with E-state index < -0.39 is 88.7 Å². The monoisotopic (exact) mass is 820 g/mol. The highest BCUT2D eigenvalue weighted by Gasteiger charge is 2.41. The molecule has 0 bridgehead atoms. The highest BCUT2D eigenvalue weighted by Crippen LogP contribution is 2.23. The van der Waals surface area contributed by atoms with Crippen molar-refractivity contribution in [2.75, 3.05) is 13.2 Å². The second-order valence-corrected chi connectivity index (χ2v) is 18.9. The van der Waals surface area contributed by atoms with Gasteiger partial charge in [-0.05, 0) is 108 Å². The van der Waals surface area contributed by atoms with Gasteiger partial charge in [0.2, 0.25) is 22.8 Å². The second kappa shape index (κ2) is 21.0. The molecule has 1 fully saturated rings. The number of likely N-dealkylation sites (tertiary alicyclic amines) is 1. The van der Waals surface area contributed by atoms with Crippen LogP contribution in [0, 0.1) is 0 Å². The van der Waals surface area contributed by atoms with Crippen molar-refractivity contribution in [3.8, 4) is 0 Å². The van der Waals surface area contributed by atoms with Crippen LogP contribution in [0.1, 0.15) is 121 Å². The number of esters is 2. The fraction of sp³-hybridized carbons (Fsp3) is 0.683. The van der Waals surface area contributed by atoms with Crippen molar-refractivity contribution in [3.63, 3.8) is 0 Å². The predicted molar refractivity (Wildman–Crippen MR) is 216 cm³/mol. The van der Waals surface area contributed by atoms with Crippen LogP contribution in [0.2, 0.25) is 0 Å². The lowest BCUT2D eigenvalue weighted by Gasteiger charge is -2.32. The summed E-state index contributed by atoms with van der Waals surface area (Å²) < 4.78 is 22.1. The molecule has 0 aliphatic carbocycles. The summed E-state index contributed by atoms with van der Waals surface area (Å²) in [6.45, 7) is 20.2. The molecule has 0 spiro atoms. The Morgan fingerprint density at radius 1 is 0.719 bits per heavy atom. The lowest BCUT2D eigenvalue weighted by atomic mass is 10.1. The molecule has 4 atom stereocenters. The smallest absolute Gasteiger partial charge is 0.408 e. The SMILES string of the molecule is CC(C)(C)OC[C@H](NC(=O)[C@H](CC(=O)OC(C)(C)C)NC(=O)OC(C)(C)C)C(=O)N1CCC[C@H]1C(=O)N[C@@H](CCC(=O)OC(C)(C)C)C(=O)SCc1ccccc1. The predicted octanol–water partition coefficient (Wildman–Crippen LogP) is 4.97. The zero-order valence-corrected chi connectivity index (χ0v) is 36.5. The Balaban J connectivity index is 2.35. The normalized spacial score (nSPS) is 16.4. The first-order chi connectivity index (χ1) is 26.1. The number of rotatable bonds is 16. The molecule has 1 aromatic carbocycles. The van der Waals surface area contributed by atoms with Crippen LogP contribution in [0.25, 0.3) is 0 Å². The van der Waals surface area contributed by atoms with Crippen LogP contribution >= 0.6 is 11.8 Å². The molecular formula is C41H64N4O11S. The summed E-state index contributed by atoms with van der Waals surface area (Å²) >= 11 is 1.01. The number of hydrogen-bond acceptors (Lipinski definition) is 12. The molecule has 1 saturated heterocycles. The van der Waals surface area contributed by atoms with Crippen molar-refractivity contribution in [3.05, 3.63) is 35.9 Å². The second-order valence-electron chi connectivity index (χ2n) is 17.9. The first-order valence-corrected chi connectivity index (χ1v) is 20.3. The van der Waals surface area contributed by atoms with Crippen LogP contribution in [0.15, 0.2) is 30.3 Å². The van der Waals surface area contributed by atoms with Gasteiger partial charge in [0.25, 0.3) is 0 Å². The highest BCUT2D eigenvalue weighted by atomic mass is 32.2. The van der Waals surface area contributed by atoms with E-state index in [2.05, 4.69) is 16.0 Å². The quantitative estimate of drug-likeness (QED) is 0.150. The summed E-state index contributed by atoms with van der Waals surface area (Å²) in [5.41, 5.74) is -2.37. The van der Waals surface area contributed by atoms with Crippen molar-refractivity contribution in [2.24, 2.45) is 0 Å². The first-order valence-electron chi connectivity index (χ1n) is 19.3. The third kappa shape index (κ3) is 19.7. The van der Waals surface area contributed by atoms with Gasteiger partial charge in [-0.25, -0.2) is 4.79 Å². The molecule has 1 aromatic rings. The number of carbonyl (C=O) groups excluding carboxylic acids is 7. The van der Waals surface area contributed by atoms with E-state index in [9.17, 15) is 33.6 Å². The minimum atomic E-state index is -1.50. The number of hydrogen-bond donors (Lipinski definition) is 3. The Kier molecular flexibility index (Phi) is 18.0. The Labute approximate surface area is 341 Å². The van der Waals surface area contributed by atoms with Gasteiger partial charge in [0, 0.05) is 18.7 Å². The van der Waals surface area contributed by atoms with Gasteiger partial charge in [-0.2, -0.15) is 0 Å². The molecule has 3 N–H and O–H groups in total. The van der Waals surface area contributed by atoms with Crippen molar-refractivity contribution >= 4 is 52.6 Å². The molecule has 1 heterocycles. The molecule has 2 rings (SSSR count). The van der Waals surface area contributed by atoms with E-state index >= 15 is 0 Å². The van der Waals surface area contributed by atoms with Crippen LogP contribution < -0.4 is 16.0 Å². The number of amides is 4. The zero-order chi connectivity index (χ0) is 43.4. The molecule has 57 heavy (non-hydrogen) atoms. The van der Waals surface area contributed by atoms with Crippen molar-refractivity contribution in [2.45, 2.75) is 168 Å². The zero-order valence-electron chi connectivity index (χ0n) is 35.7. The first kappa shape index (κ1) is 49.0. The summed E-state index contributed by atoms with van der Waals surface area (Å²) in [6, 6.07) is 4.40. The topological polar surface area (TPSA) is 196 Å². The number of benzene rings is 1. The Morgan fingerprint density at radius 3 is 1.86 bits per heavy atom. The lowest BCUT2D eigenvalue weighted by molar-refractivity contribution is -0.157. The highest BCUT2D eigenvalue weighted by molar-refractivity contribution is 8.13. The standard InChI is InChI=1S/C41H64N4O11S/c1-38(2,3)53-24-29(43-33(48)28(23-32(47)55-40(7,8)9)44-37(52)56-41(10,11)12)35(50)45-22-16-19-30(45)34(49)42-27(20-21-31(46)54-39(4,5)6)36(51)57-25-26-17-14-13-15-18-26/h13-15,17-18,27-30H,16,19-25H2,1-12H3,(H,42,49)(H,43,48)(H,44,52)/t27-,28-,29-,30-/m0/s1. The number of carbonyl (C=O) groups is 7. The molecule has 1 aliphatic rings. The Bertz CT molecular complexity index is 1530. The van der Waals surface area contributed by atoms with Gasteiger partial charge in [0.05, 0.1) is 24.7 Å². The molecular weight excluding hydrogens is 757 g/mol. The van der Waals surface area contributed by atoms with Crippen LogP contribution in [0.3, 0.4) is 0 Å². The van der Waals surface area contributed by atoms with Gasteiger partial charge >= 0.3 is 18.0 Å². The van der Waals surface area contributed by atoms with Crippen molar-refractivity contribution in [1.29, 1.82) is 0 Å². The van der Waals surface area contributed by atoms with Crippen LogP contribution in [0.4, 0.5) is 4.79 Å². The van der Waals surface area contributed by atoms with Crippen LogP contribution in [0.5, 0.6) is 0 Å². The maximum absolute atomic E-state index is 14.3. The number of nitrogens with zero attached hydrogens (tertiary/aromatic N) is 1. The molecule has 0 unspecified atom stereocenters. The summed E-state index contributed by atoms with van der Waals surface area (Å²) in [7, 11) is 0. The minimum Gasteiger partial charge on any atom is -0.460 e. The van der Waals surface area contributed by atoms with E-state index in [1.54, 1.807) is 83.1 Å². The molecule has 16 heteroatoms. The van der Waals surface area contributed by atoms with E-state index in [1.165, 1.54) is 4.90 Å². The molecule has 15 nitrogen and oxygen atoms in total. The van der Waals surface area contributed by atoms with E-state index in [-0.39, 0.29) is 37.5 Å². The van der Waals surface area contributed by atoms with Gasteiger partial charge in [-0.1, -0.05) is 42.1 Å². The van der Waals surface area contributed by atoms with E-state index in [0.29, 0.717) is 12.2 Å². The average molecular weight is 821 g/mol. The van der Waals surface area contributed by atoms with Gasteiger partial charge < -0.3 is 39.8 Å². The largest absolute Gasteiger partial charge is 0.460 e. The Hall–Kier alpha value is -4.18. The van der Waals surface area contributed by atoms with E-state index in [4.69, 9.17) is 18.9 Å². The molecule has 0 radical (unpaired) electrons. The molecule has 1 aliphatic heterocycles. The Morgan fingerprint density at radius 2 is 1.30 bits per heavy atom. The fourth-order valence-corrected chi connectivity index (χ4v) is 6.37. The summed E-state index contributed by atoms with van der Waals surface area (Å²) in [5, 5.41) is 7.48. The summed E-state index contributed by atoms with van der Waals surface area (Å²) in [5.74, 6) is -3.08. The van der Waals surface area contributed by atoms with Crippen molar-refractivity contribution in [1.82, 2.24) is 20.9 Å². The third-order valence-corrected chi connectivity index (χ3v) is 8.86. The van der Waals surface area contributed by atoms with Gasteiger partial charge in [0.15, 0.2) is 0 Å². The average Bonchev–Trinajstić information content (AvgIpc) is 3.54. The molecule has 0 aromatic heterocycles. The summed E-state index contributed by atoms with van der Waals surface area (Å²) in [6.07, 6.45) is -0.972. The lowest BCUT2D eigenvalue weighted by Crippen LogP contribution is -2.59. The van der Waals surface area contributed by atoms with Crippen LogP contribution in [-0.4, -0.2) is 105 Å². The summed E-state index contributed by atoms with van der Waals surface area (Å²) in [4.78, 5) is 95.2. The number of thioether (sulfide) groups is 1. The number of alkyl carbamates (subject to hydrolysis) is 1. The molecule has 320 valence electrons. The molecule has 4 amide bonds. The fourth-order valence-electron chi connectivity index (χ4n) is 5.49. The van der Waals surface area contributed by atoms with E-state index in [0.717, 1.165) is 17.3 Å². The van der Waals surface area contributed by atoms with E-state index in [1.807, 2.05) is 30.3 Å². The maximum atomic E-state index is 14.3. The van der Waals surface area contributed by atoms with Gasteiger partial charge in [-0.15, -0.1) is 0 Å². The van der Waals surface area contributed by atoms with Crippen LogP contribution in [-0.2, 0) is 53.5 Å². The third-order valence-electron chi connectivity index (χ3n) is 7.82. The van der Waals surface area contributed by atoms with Crippen molar-refractivity contribution < 1.29 is 52.5 Å². The van der Waals surface area contributed by atoms with Gasteiger partial charge in [0.1, 0.15) is 34.9 Å². The molecule has 0 saturated carbocycles. The number of nitrogens with one attached hydrogen (secondary N) is 3. The minimum absolute atomic E-state index is 0.0241. The maximum Gasteiger partial charge on any atom is 0.408 e. The number of ether oxygens (including phenoxy) is 4. The van der Waals surface area contributed by atoms with Gasteiger partial charge in [-0.3, -0.25) is 28.8 Å².